The predicted molar refractivity (Wildman–Crippen MR) is 117 cm³/mol. The lowest BCUT2D eigenvalue weighted by molar-refractivity contribution is 0.115. The fourth-order valence-corrected chi connectivity index (χ4v) is 2.41. The van der Waals surface area contributed by atoms with Gasteiger partial charge >= 0.3 is 0 Å². The van der Waals surface area contributed by atoms with E-state index in [9.17, 15) is 0 Å². The Kier molecular flexibility index (Phi) is 10.2. The van der Waals surface area contributed by atoms with E-state index < -0.39 is 0 Å². The van der Waals surface area contributed by atoms with Crippen LogP contribution in [0.25, 0.3) is 0 Å². The molecular weight excluding hydrogens is 427 g/mol. The van der Waals surface area contributed by atoms with Crippen LogP contribution in [0.15, 0.2) is 29.3 Å². The maximum Gasteiger partial charge on any atom is 0.194 e. The summed E-state index contributed by atoms with van der Waals surface area (Å²) < 4.78 is 5.73. The van der Waals surface area contributed by atoms with Crippen molar-refractivity contribution in [3.05, 3.63) is 29.8 Å². The highest BCUT2D eigenvalue weighted by Gasteiger charge is 2.21. The summed E-state index contributed by atoms with van der Waals surface area (Å²) in [6, 6.07) is 8.51. The van der Waals surface area contributed by atoms with E-state index in [-0.39, 0.29) is 24.0 Å². The second-order valence-electron chi connectivity index (χ2n) is 6.67. The van der Waals surface area contributed by atoms with E-state index in [1.165, 1.54) is 24.1 Å². The molecule has 1 aromatic carbocycles. The number of nitrogens with zero attached hydrogens (tertiary/aromatic N) is 3. The van der Waals surface area contributed by atoms with Crippen LogP contribution in [0.1, 0.15) is 25.3 Å². The third kappa shape index (κ3) is 8.27. The van der Waals surface area contributed by atoms with Crippen molar-refractivity contribution >= 4 is 35.6 Å². The van der Waals surface area contributed by atoms with Gasteiger partial charge in [-0.25, -0.2) is 4.99 Å². The Morgan fingerprint density at radius 2 is 2.04 bits per heavy atom. The van der Waals surface area contributed by atoms with Gasteiger partial charge in [-0.15, -0.1) is 24.0 Å². The number of halogens is 1. The second-order valence-corrected chi connectivity index (χ2v) is 6.67. The summed E-state index contributed by atoms with van der Waals surface area (Å²) in [6.07, 6.45) is 2.68. The molecule has 0 heterocycles. The van der Waals surface area contributed by atoms with Crippen LogP contribution in [0.4, 0.5) is 5.69 Å². The first-order chi connectivity index (χ1) is 11.6. The van der Waals surface area contributed by atoms with Crippen LogP contribution in [0.5, 0.6) is 0 Å². The molecule has 25 heavy (non-hydrogen) atoms. The number of hydrogen-bond acceptors (Lipinski definition) is 3. The predicted octanol–water partition coefficient (Wildman–Crippen LogP) is 3.19. The number of hydrogen-bond donors (Lipinski definition) is 1. The number of anilines is 1. The third-order valence-electron chi connectivity index (χ3n) is 4.16. The van der Waals surface area contributed by atoms with Crippen molar-refractivity contribution in [2.75, 3.05) is 52.3 Å². The second kappa shape index (κ2) is 11.6. The lowest BCUT2D eigenvalue weighted by atomic mass is 10.2. The molecule has 1 aromatic rings. The SMILES string of the molecule is CCNC(=NCc1cccc(N(C)C)c1)N(C)CCOCC1CC1.I. The van der Waals surface area contributed by atoms with E-state index in [2.05, 4.69) is 67.4 Å². The summed E-state index contributed by atoms with van der Waals surface area (Å²) in [5, 5.41) is 3.36. The molecule has 0 aliphatic heterocycles. The largest absolute Gasteiger partial charge is 0.379 e. The van der Waals surface area contributed by atoms with Gasteiger partial charge in [0.15, 0.2) is 5.96 Å². The van der Waals surface area contributed by atoms with E-state index in [1.54, 1.807) is 0 Å². The van der Waals surface area contributed by atoms with Gasteiger partial charge in [-0.2, -0.15) is 0 Å². The highest BCUT2D eigenvalue weighted by Crippen LogP contribution is 2.28. The van der Waals surface area contributed by atoms with Gasteiger partial charge in [0.2, 0.25) is 0 Å². The normalized spacial score (nSPS) is 14.0. The van der Waals surface area contributed by atoms with Crippen molar-refractivity contribution < 1.29 is 4.74 Å². The van der Waals surface area contributed by atoms with Gasteiger partial charge in [-0.05, 0) is 43.4 Å². The van der Waals surface area contributed by atoms with Crippen molar-refractivity contribution in [1.29, 1.82) is 0 Å². The monoisotopic (exact) mass is 460 g/mol. The zero-order valence-corrected chi connectivity index (χ0v) is 18.3. The molecular formula is C19H33IN4O. The Morgan fingerprint density at radius 3 is 2.68 bits per heavy atom. The van der Waals surface area contributed by atoms with Crippen LogP contribution in [0.3, 0.4) is 0 Å². The molecule has 1 aliphatic rings. The van der Waals surface area contributed by atoms with Gasteiger partial charge in [0.25, 0.3) is 0 Å². The summed E-state index contributed by atoms with van der Waals surface area (Å²) in [6.45, 7) is 6.17. The van der Waals surface area contributed by atoms with Crippen molar-refractivity contribution in [3.8, 4) is 0 Å². The van der Waals surface area contributed by atoms with Gasteiger partial charge in [-0.1, -0.05) is 12.1 Å². The Hall–Kier alpha value is -1.02. The number of benzene rings is 1. The molecule has 1 saturated carbocycles. The molecule has 2 rings (SSSR count). The van der Waals surface area contributed by atoms with Gasteiger partial charge in [-0.3, -0.25) is 0 Å². The van der Waals surface area contributed by atoms with Gasteiger partial charge in [0, 0.05) is 46.5 Å². The number of guanidine groups is 1. The van der Waals surface area contributed by atoms with Crippen molar-refractivity contribution in [3.63, 3.8) is 0 Å². The van der Waals surface area contributed by atoms with Gasteiger partial charge < -0.3 is 19.9 Å². The van der Waals surface area contributed by atoms with Crippen LogP contribution in [0.2, 0.25) is 0 Å². The quantitative estimate of drug-likeness (QED) is 0.266. The van der Waals surface area contributed by atoms with E-state index in [0.29, 0.717) is 6.54 Å². The Labute approximate surface area is 169 Å². The van der Waals surface area contributed by atoms with E-state index in [1.807, 2.05) is 0 Å². The topological polar surface area (TPSA) is 40.1 Å². The Morgan fingerprint density at radius 1 is 1.28 bits per heavy atom. The smallest absolute Gasteiger partial charge is 0.194 e. The maximum atomic E-state index is 5.73. The minimum absolute atomic E-state index is 0. The van der Waals surface area contributed by atoms with Crippen LogP contribution in [-0.4, -0.2) is 58.3 Å². The van der Waals surface area contributed by atoms with E-state index in [0.717, 1.165) is 38.2 Å². The first kappa shape index (κ1) is 22.0. The molecule has 0 spiro atoms. The summed E-state index contributed by atoms with van der Waals surface area (Å²) in [5.41, 5.74) is 2.42. The zero-order valence-electron chi connectivity index (χ0n) is 16.0. The lowest BCUT2D eigenvalue weighted by Gasteiger charge is -2.22. The summed E-state index contributed by atoms with van der Waals surface area (Å²) >= 11 is 0. The standard InChI is InChI=1S/C19H32N4O.HI/c1-5-20-19(23(4)11-12-24-15-16-9-10-16)21-14-17-7-6-8-18(13-17)22(2)3;/h6-8,13,16H,5,9-12,14-15H2,1-4H3,(H,20,21);1H. The molecule has 0 amide bonds. The van der Waals surface area contributed by atoms with Crippen LogP contribution >= 0.6 is 24.0 Å². The van der Waals surface area contributed by atoms with Crippen molar-refractivity contribution in [1.82, 2.24) is 10.2 Å². The van der Waals surface area contributed by atoms with Gasteiger partial charge in [0.1, 0.15) is 0 Å². The Bertz CT molecular complexity index is 532. The lowest BCUT2D eigenvalue weighted by Crippen LogP contribution is -2.40. The Balaban J connectivity index is 0.00000312. The molecule has 0 unspecified atom stereocenters. The van der Waals surface area contributed by atoms with E-state index >= 15 is 0 Å². The number of ether oxygens (including phenoxy) is 1. The molecule has 1 N–H and O–H groups in total. The minimum Gasteiger partial charge on any atom is -0.379 e. The summed E-state index contributed by atoms with van der Waals surface area (Å²) in [5.74, 6) is 1.75. The average molecular weight is 460 g/mol. The fraction of sp³-hybridized carbons (Fsp3) is 0.632. The molecule has 1 fully saturated rings. The number of likely N-dealkylation sites (N-methyl/N-ethyl adjacent to an activating group) is 1. The molecule has 0 radical (unpaired) electrons. The zero-order chi connectivity index (χ0) is 17.4. The summed E-state index contributed by atoms with van der Waals surface area (Å²) in [4.78, 5) is 9.03. The van der Waals surface area contributed by atoms with Crippen molar-refractivity contribution in [2.45, 2.75) is 26.3 Å². The highest BCUT2D eigenvalue weighted by atomic mass is 127. The first-order valence-corrected chi connectivity index (χ1v) is 8.93. The molecule has 0 saturated heterocycles. The molecule has 0 aromatic heterocycles. The first-order valence-electron chi connectivity index (χ1n) is 8.93. The van der Waals surface area contributed by atoms with Crippen LogP contribution in [-0.2, 0) is 11.3 Å². The average Bonchev–Trinajstić information content (AvgIpc) is 3.39. The molecule has 0 atom stereocenters. The molecule has 142 valence electrons. The minimum atomic E-state index is 0. The van der Waals surface area contributed by atoms with E-state index in [4.69, 9.17) is 9.73 Å². The molecule has 5 nitrogen and oxygen atoms in total. The molecule has 6 heteroatoms. The fourth-order valence-electron chi connectivity index (χ4n) is 2.41. The van der Waals surface area contributed by atoms with Crippen LogP contribution < -0.4 is 10.2 Å². The third-order valence-corrected chi connectivity index (χ3v) is 4.16. The van der Waals surface area contributed by atoms with Crippen LogP contribution in [0, 0.1) is 5.92 Å². The number of rotatable bonds is 9. The molecule has 0 bridgehead atoms. The number of nitrogens with one attached hydrogen (secondary N) is 1. The van der Waals surface area contributed by atoms with Crippen molar-refractivity contribution in [2.24, 2.45) is 10.9 Å². The highest BCUT2D eigenvalue weighted by molar-refractivity contribution is 14.0. The summed E-state index contributed by atoms with van der Waals surface area (Å²) in [7, 11) is 6.18. The number of aliphatic imine (C=N–C) groups is 1. The maximum absolute atomic E-state index is 5.73. The molecule has 1 aliphatic carbocycles. The van der Waals surface area contributed by atoms with Gasteiger partial charge in [0.05, 0.1) is 13.2 Å².